The van der Waals surface area contributed by atoms with Crippen LogP contribution in [0.4, 0.5) is 17.3 Å². The van der Waals surface area contributed by atoms with E-state index in [4.69, 9.17) is 4.74 Å². The zero-order valence-corrected chi connectivity index (χ0v) is 17.1. The summed E-state index contributed by atoms with van der Waals surface area (Å²) in [6, 6.07) is 13.3. The number of hydrogen-bond acceptors (Lipinski definition) is 9. The second-order valence-electron chi connectivity index (χ2n) is 6.35. The predicted molar refractivity (Wildman–Crippen MR) is 115 cm³/mol. The molecule has 32 heavy (non-hydrogen) atoms. The third-order valence-corrected chi connectivity index (χ3v) is 4.34. The molecule has 0 saturated carbocycles. The van der Waals surface area contributed by atoms with Crippen molar-refractivity contribution < 1.29 is 19.2 Å². The fourth-order valence-corrected chi connectivity index (χ4v) is 2.76. The van der Waals surface area contributed by atoms with E-state index in [0.29, 0.717) is 11.3 Å². The normalized spacial score (nSPS) is 10.1. The van der Waals surface area contributed by atoms with Crippen LogP contribution < -0.4 is 26.4 Å². The van der Waals surface area contributed by atoms with Crippen LogP contribution in [0.15, 0.2) is 54.9 Å². The summed E-state index contributed by atoms with van der Waals surface area (Å²) in [5.41, 5.74) is 10.3. The van der Waals surface area contributed by atoms with Crippen LogP contribution in [0.5, 0.6) is 5.75 Å². The summed E-state index contributed by atoms with van der Waals surface area (Å²) in [5, 5.41) is 11.6. The van der Waals surface area contributed by atoms with Gasteiger partial charge in [0, 0.05) is 5.56 Å². The van der Waals surface area contributed by atoms with Crippen LogP contribution in [0.25, 0.3) is 0 Å². The quantitative estimate of drug-likeness (QED) is 0.306. The molecule has 1 aromatic heterocycles. The Balaban J connectivity index is 1.76. The van der Waals surface area contributed by atoms with Crippen molar-refractivity contribution in [1.29, 1.82) is 0 Å². The molecule has 0 spiro atoms. The first kappa shape index (κ1) is 22.0. The molecule has 0 aliphatic carbocycles. The Kier molecular flexibility index (Phi) is 6.75. The number of anilines is 2. The number of carbonyl (C=O) groups excluding carboxylic acids is 2. The SMILES string of the molecule is COc1ccccc1C(=O)NNc1ncnc(NNC(=O)c2ccccc2C)c1[N+](=O)[O-]. The first-order chi connectivity index (χ1) is 15.4. The lowest BCUT2D eigenvalue weighted by molar-refractivity contribution is -0.383. The van der Waals surface area contributed by atoms with Crippen molar-refractivity contribution in [2.45, 2.75) is 6.92 Å². The number of nitro groups is 1. The summed E-state index contributed by atoms with van der Waals surface area (Å²) in [7, 11) is 1.41. The highest BCUT2D eigenvalue weighted by atomic mass is 16.6. The zero-order valence-electron chi connectivity index (χ0n) is 17.1. The lowest BCUT2D eigenvalue weighted by Crippen LogP contribution is -2.32. The van der Waals surface area contributed by atoms with Crippen LogP contribution in [-0.4, -0.2) is 33.8 Å². The van der Waals surface area contributed by atoms with Gasteiger partial charge in [0.2, 0.25) is 11.6 Å². The fourth-order valence-electron chi connectivity index (χ4n) is 2.76. The van der Waals surface area contributed by atoms with Gasteiger partial charge in [0.05, 0.1) is 17.6 Å². The van der Waals surface area contributed by atoms with Gasteiger partial charge in [0.15, 0.2) is 0 Å². The number of methoxy groups -OCH3 is 1. The second kappa shape index (κ2) is 9.84. The number of carbonyl (C=O) groups is 2. The maximum Gasteiger partial charge on any atom is 0.356 e. The van der Waals surface area contributed by atoms with Crippen molar-refractivity contribution >= 4 is 29.1 Å². The van der Waals surface area contributed by atoms with E-state index in [1.54, 1.807) is 49.4 Å². The van der Waals surface area contributed by atoms with Gasteiger partial charge in [-0.05, 0) is 30.7 Å². The number of amides is 2. The van der Waals surface area contributed by atoms with Gasteiger partial charge in [-0.15, -0.1) is 0 Å². The van der Waals surface area contributed by atoms with Gasteiger partial charge in [-0.25, -0.2) is 9.97 Å². The summed E-state index contributed by atoms with van der Waals surface area (Å²) in [6.45, 7) is 1.76. The molecule has 4 N–H and O–H groups in total. The molecule has 3 rings (SSSR count). The van der Waals surface area contributed by atoms with Crippen LogP contribution in [0.2, 0.25) is 0 Å². The van der Waals surface area contributed by atoms with Crippen molar-refractivity contribution in [2.75, 3.05) is 18.0 Å². The summed E-state index contributed by atoms with van der Waals surface area (Å²) < 4.78 is 5.13. The van der Waals surface area contributed by atoms with Gasteiger partial charge in [-0.3, -0.25) is 41.4 Å². The van der Waals surface area contributed by atoms with E-state index in [2.05, 4.69) is 31.7 Å². The molecule has 0 atom stereocenters. The smallest absolute Gasteiger partial charge is 0.356 e. The average molecular weight is 437 g/mol. The summed E-state index contributed by atoms with van der Waals surface area (Å²) >= 11 is 0. The van der Waals surface area contributed by atoms with Crippen LogP contribution in [0, 0.1) is 17.0 Å². The van der Waals surface area contributed by atoms with Gasteiger partial charge in [0.25, 0.3) is 11.8 Å². The highest BCUT2D eigenvalue weighted by molar-refractivity contribution is 5.98. The largest absolute Gasteiger partial charge is 0.496 e. The lowest BCUT2D eigenvalue weighted by atomic mass is 10.1. The number of rotatable bonds is 8. The number of aryl methyl sites for hydroxylation is 1. The third kappa shape index (κ3) is 4.87. The maximum atomic E-state index is 12.4. The molecule has 12 heteroatoms. The van der Waals surface area contributed by atoms with Crippen LogP contribution in [0.1, 0.15) is 26.3 Å². The van der Waals surface area contributed by atoms with Gasteiger partial charge < -0.3 is 4.74 Å². The fraction of sp³-hybridized carbons (Fsp3) is 0.100. The predicted octanol–water partition coefficient (Wildman–Crippen LogP) is 2.22. The minimum absolute atomic E-state index is 0.211. The third-order valence-electron chi connectivity index (χ3n) is 4.34. The molecule has 12 nitrogen and oxygen atoms in total. The number of benzene rings is 2. The number of nitrogens with zero attached hydrogens (tertiary/aromatic N) is 3. The summed E-state index contributed by atoms with van der Waals surface area (Å²) in [5.74, 6) is -1.35. The van der Waals surface area contributed by atoms with E-state index in [-0.39, 0.29) is 17.2 Å². The highest BCUT2D eigenvalue weighted by Crippen LogP contribution is 2.28. The van der Waals surface area contributed by atoms with Crippen molar-refractivity contribution in [1.82, 2.24) is 20.8 Å². The average Bonchev–Trinajstić information content (AvgIpc) is 2.80. The number of hydrogen-bond donors (Lipinski definition) is 4. The maximum absolute atomic E-state index is 12.4. The van der Waals surface area contributed by atoms with Crippen molar-refractivity contribution in [2.24, 2.45) is 0 Å². The summed E-state index contributed by atoms with van der Waals surface area (Å²) in [4.78, 5) is 43.3. The Bertz CT molecular complexity index is 1170. The molecular formula is C20H19N7O5. The Morgan fingerprint density at radius 2 is 1.44 bits per heavy atom. The van der Waals surface area contributed by atoms with Crippen LogP contribution in [-0.2, 0) is 0 Å². The molecule has 0 radical (unpaired) electrons. The Morgan fingerprint density at radius 3 is 2.00 bits per heavy atom. The lowest BCUT2D eigenvalue weighted by Gasteiger charge is -2.13. The zero-order chi connectivity index (χ0) is 23.1. The number of ether oxygens (including phenoxy) is 1. The molecule has 0 aliphatic heterocycles. The first-order valence-electron chi connectivity index (χ1n) is 9.23. The molecule has 2 amide bonds. The van der Waals surface area contributed by atoms with Gasteiger partial charge >= 0.3 is 5.69 Å². The van der Waals surface area contributed by atoms with Crippen LogP contribution in [0.3, 0.4) is 0 Å². The molecule has 0 aliphatic rings. The standard InChI is InChI=1S/C20H19N7O5/c1-12-7-3-4-8-13(12)19(28)25-23-17-16(27(30)31)18(22-11-21-17)24-26-20(29)14-9-5-6-10-15(14)32-2/h3-11H,1-2H3,(H,25,28)(H,26,29)(H2,21,22,23,24). The van der Waals surface area contributed by atoms with E-state index >= 15 is 0 Å². The number of para-hydroxylation sites is 1. The number of aromatic nitrogens is 2. The van der Waals surface area contributed by atoms with E-state index in [9.17, 15) is 19.7 Å². The molecule has 0 saturated heterocycles. The number of nitrogens with one attached hydrogen (secondary N) is 4. The molecule has 1 heterocycles. The first-order valence-corrected chi connectivity index (χ1v) is 9.23. The molecular weight excluding hydrogens is 418 g/mol. The number of hydrazine groups is 2. The van der Waals surface area contributed by atoms with Crippen molar-refractivity contribution in [3.05, 3.63) is 81.7 Å². The summed E-state index contributed by atoms with van der Waals surface area (Å²) in [6.07, 6.45) is 1.03. The molecule has 3 aromatic rings. The second-order valence-corrected chi connectivity index (χ2v) is 6.35. The monoisotopic (exact) mass is 437 g/mol. The van der Waals surface area contributed by atoms with E-state index in [1.165, 1.54) is 13.2 Å². The molecule has 0 fully saturated rings. The van der Waals surface area contributed by atoms with E-state index < -0.39 is 22.4 Å². The Hall–Kier alpha value is -4.74. The Labute approximate surface area is 182 Å². The van der Waals surface area contributed by atoms with Gasteiger partial charge in [-0.2, -0.15) is 0 Å². The highest BCUT2D eigenvalue weighted by Gasteiger charge is 2.24. The molecule has 2 aromatic carbocycles. The van der Waals surface area contributed by atoms with Gasteiger partial charge in [0.1, 0.15) is 12.1 Å². The van der Waals surface area contributed by atoms with E-state index in [0.717, 1.165) is 11.9 Å². The minimum Gasteiger partial charge on any atom is -0.496 e. The van der Waals surface area contributed by atoms with Gasteiger partial charge in [-0.1, -0.05) is 30.3 Å². The molecule has 0 bridgehead atoms. The van der Waals surface area contributed by atoms with Crippen molar-refractivity contribution in [3.63, 3.8) is 0 Å². The van der Waals surface area contributed by atoms with E-state index in [1.807, 2.05) is 0 Å². The minimum atomic E-state index is -0.750. The molecule has 164 valence electrons. The van der Waals surface area contributed by atoms with Crippen molar-refractivity contribution in [3.8, 4) is 5.75 Å². The Morgan fingerprint density at radius 1 is 0.906 bits per heavy atom. The molecule has 0 unspecified atom stereocenters. The topological polar surface area (TPSA) is 160 Å². The van der Waals surface area contributed by atoms with Crippen LogP contribution >= 0.6 is 0 Å².